The number of carboxylic acids is 1. The Morgan fingerprint density at radius 2 is 1.75 bits per heavy atom. The number of carboxylic acid groups (broad SMARTS) is 1. The molecule has 158 valence electrons. The molecule has 8 nitrogen and oxygen atoms in total. The van der Waals surface area contributed by atoms with Crippen LogP contribution in [-0.2, 0) is 6.61 Å². The molecule has 3 aromatic carbocycles. The summed E-state index contributed by atoms with van der Waals surface area (Å²) in [5.41, 5.74) is 0.962. The summed E-state index contributed by atoms with van der Waals surface area (Å²) in [7, 11) is 0. The van der Waals surface area contributed by atoms with Crippen LogP contribution in [-0.4, -0.2) is 21.8 Å². The molecule has 32 heavy (non-hydrogen) atoms. The molecule has 0 spiro atoms. The summed E-state index contributed by atoms with van der Waals surface area (Å²) < 4.78 is 5.80. The number of ether oxygens (including phenoxy) is 1. The molecule has 0 aromatic heterocycles. The van der Waals surface area contributed by atoms with Crippen LogP contribution in [0.3, 0.4) is 0 Å². The number of nitro groups is 1. The molecule has 1 N–H and O–H groups in total. The average molecular weight is 428 g/mol. The predicted molar refractivity (Wildman–Crippen MR) is 115 cm³/mol. The highest BCUT2D eigenvalue weighted by molar-refractivity contribution is 6.14. The number of ketones is 1. The maximum atomic E-state index is 12.7. The van der Waals surface area contributed by atoms with E-state index in [1.807, 2.05) is 6.07 Å². The van der Waals surface area contributed by atoms with Crippen molar-refractivity contribution in [2.45, 2.75) is 6.61 Å². The molecule has 8 heteroatoms. The van der Waals surface area contributed by atoms with E-state index in [9.17, 15) is 25.0 Å². The monoisotopic (exact) mass is 428 g/mol. The summed E-state index contributed by atoms with van der Waals surface area (Å²) in [6, 6.07) is 20.0. The lowest BCUT2D eigenvalue weighted by molar-refractivity contribution is -0.384. The Morgan fingerprint density at radius 3 is 2.41 bits per heavy atom. The van der Waals surface area contributed by atoms with Gasteiger partial charge in [-0.05, 0) is 29.8 Å². The summed E-state index contributed by atoms with van der Waals surface area (Å²) in [4.78, 5) is 34.0. The molecule has 0 unspecified atom stereocenters. The van der Waals surface area contributed by atoms with Crippen molar-refractivity contribution >= 4 is 23.5 Å². The molecular weight excluding hydrogens is 412 g/mol. The van der Waals surface area contributed by atoms with Gasteiger partial charge in [-0.25, -0.2) is 4.79 Å². The highest BCUT2D eigenvalue weighted by Gasteiger charge is 2.16. The lowest BCUT2D eigenvalue weighted by atomic mass is 10.0. The van der Waals surface area contributed by atoms with Crippen molar-refractivity contribution < 1.29 is 24.4 Å². The minimum Gasteiger partial charge on any atom is -0.488 e. The van der Waals surface area contributed by atoms with E-state index in [-0.39, 0.29) is 29.0 Å². The Hall–Kier alpha value is -4.77. The number of allylic oxidation sites excluding steroid dienone is 1. The molecular formula is C24H16N2O6. The van der Waals surface area contributed by atoms with Crippen LogP contribution in [0.5, 0.6) is 5.75 Å². The molecule has 0 saturated heterocycles. The number of nitrogens with zero attached hydrogens (tertiary/aromatic N) is 2. The topological polar surface area (TPSA) is 131 Å². The van der Waals surface area contributed by atoms with E-state index >= 15 is 0 Å². The zero-order valence-corrected chi connectivity index (χ0v) is 16.6. The van der Waals surface area contributed by atoms with Crippen molar-refractivity contribution in [3.05, 3.63) is 111 Å². The van der Waals surface area contributed by atoms with E-state index in [0.717, 1.165) is 11.6 Å². The molecule has 3 aromatic rings. The third-order valence-electron chi connectivity index (χ3n) is 4.50. The van der Waals surface area contributed by atoms with Crippen LogP contribution in [0.2, 0.25) is 0 Å². The normalized spacial score (nSPS) is 10.8. The molecule has 0 bridgehead atoms. The molecule has 0 aliphatic rings. The first-order chi connectivity index (χ1) is 15.4. The highest BCUT2D eigenvalue weighted by Crippen LogP contribution is 2.24. The minimum absolute atomic E-state index is 0.0314. The van der Waals surface area contributed by atoms with Gasteiger partial charge in [-0.2, -0.15) is 5.26 Å². The van der Waals surface area contributed by atoms with E-state index in [1.54, 1.807) is 36.4 Å². The van der Waals surface area contributed by atoms with Gasteiger partial charge in [0.05, 0.1) is 10.5 Å². The van der Waals surface area contributed by atoms with Gasteiger partial charge >= 0.3 is 5.97 Å². The number of hydrogen-bond acceptors (Lipinski definition) is 6. The number of aromatic carboxylic acids is 1. The number of hydrogen-bond donors (Lipinski definition) is 1. The quantitative estimate of drug-likeness (QED) is 0.181. The molecule has 3 rings (SSSR count). The summed E-state index contributed by atoms with van der Waals surface area (Å²) in [6.45, 7) is 0.144. The number of para-hydroxylation sites is 1. The Kier molecular flexibility index (Phi) is 6.73. The third kappa shape index (κ3) is 5.23. The summed E-state index contributed by atoms with van der Waals surface area (Å²) in [5.74, 6) is -1.25. The van der Waals surface area contributed by atoms with E-state index in [2.05, 4.69) is 0 Å². The van der Waals surface area contributed by atoms with Crippen molar-refractivity contribution in [1.29, 1.82) is 5.26 Å². The van der Waals surface area contributed by atoms with Crippen LogP contribution in [0, 0.1) is 21.4 Å². The minimum atomic E-state index is -1.02. The molecule has 0 atom stereocenters. The number of rotatable bonds is 8. The zero-order valence-electron chi connectivity index (χ0n) is 16.6. The largest absolute Gasteiger partial charge is 0.488 e. The van der Waals surface area contributed by atoms with E-state index in [1.165, 1.54) is 36.4 Å². The highest BCUT2D eigenvalue weighted by atomic mass is 16.6. The third-order valence-corrected chi connectivity index (χ3v) is 4.50. The van der Waals surface area contributed by atoms with Gasteiger partial charge in [0.1, 0.15) is 24.0 Å². The molecule has 0 saturated carbocycles. The molecule has 0 heterocycles. The molecule has 0 aliphatic heterocycles. The standard InChI is InChI=1S/C24H16N2O6/c25-14-20(23(27)19-5-3-6-21(13-19)26(30)31)12-18-4-1-2-7-22(18)32-15-16-8-10-17(11-9-16)24(28)29/h1-13H,15H2,(H,28,29)/b20-12+. The first-order valence-corrected chi connectivity index (χ1v) is 9.34. The summed E-state index contributed by atoms with van der Waals surface area (Å²) in [5, 5.41) is 29.4. The van der Waals surface area contributed by atoms with E-state index in [0.29, 0.717) is 11.3 Å². The lowest BCUT2D eigenvalue weighted by Gasteiger charge is -2.10. The fourth-order valence-electron chi connectivity index (χ4n) is 2.86. The first-order valence-electron chi connectivity index (χ1n) is 9.34. The maximum absolute atomic E-state index is 12.7. The first kappa shape index (κ1) is 21.9. The Bertz CT molecular complexity index is 1260. The second-order valence-electron chi connectivity index (χ2n) is 6.63. The van der Waals surface area contributed by atoms with Crippen molar-refractivity contribution in [2.75, 3.05) is 0 Å². The van der Waals surface area contributed by atoms with Crippen molar-refractivity contribution in [1.82, 2.24) is 0 Å². The van der Waals surface area contributed by atoms with Gasteiger partial charge in [-0.3, -0.25) is 14.9 Å². The molecule has 0 aliphatic carbocycles. The number of Topliss-reactive ketones (excluding diaryl/α,β-unsaturated/α-hetero) is 1. The maximum Gasteiger partial charge on any atom is 0.335 e. The fourth-order valence-corrected chi connectivity index (χ4v) is 2.86. The Labute approximate surface area is 182 Å². The second kappa shape index (κ2) is 9.82. The molecule has 0 radical (unpaired) electrons. The number of nitro benzene ring substituents is 1. The van der Waals surface area contributed by atoms with Gasteiger partial charge in [0, 0.05) is 23.3 Å². The average Bonchev–Trinajstić information content (AvgIpc) is 2.81. The van der Waals surface area contributed by atoms with Crippen molar-refractivity contribution in [2.24, 2.45) is 0 Å². The van der Waals surface area contributed by atoms with Gasteiger partial charge in [-0.15, -0.1) is 0 Å². The lowest BCUT2D eigenvalue weighted by Crippen LogP contribution is -2.03. The van der Waals surface area contributed by atoms with Gasteiger partial charge in [-0.1, -0.05) is 42.5 Å². The predicted octanol–water partition coefficient (Wildman–Crippen LogP) is 4.66. The van der Waals surface area contributed by atoms with Crippen LogP contribution in [0.4, 0.5) is 5.69 Å². The number of carbonyl (C=O) groups is 2. The zero-order chi connectivity index (χ0) is 23.1. The Balaban J connectivity index is 1.83. The van der Waals surface area contributed by atoms with E-state index in [4.69, 9.17) is 9.84 Å². The van der Waals surface area contributed by atoms with Crippen LogP contribution >= 0.6 is 0 Å². The van der Waals surface area contributed by atoms with E-state index < -0.39 is 16.7 Å². The van der Waals surface area contributed by atoms with Gasteiger partial charge in [0.25, 0.3) is 5.69 Å². The van der Waals surface area contributed by atoms with Crippen LogP contribution in [0.25, 0.3) is 6.08 Å². The number of benzene rings is 3. The van der Waals surface area contributed by atoms with Crippen LogP contribution in [0.1, 0.15) is 31.8 Å². The molecule has 0 fully saturated rings. The Morgan fingerprint density at radius 1 is 1.03 bits per heavy atom. The van der Waals surface area contributed by atoms with Gasteiger partial charge in [0.15, 0.2) is 0 Å². The number of carbonyl (C=O) groups excluding carboxylic acids is 1. The van der Waals surface area contributed by atoms with Gasteiger partial charge in [0.2, 0.25) is 5.78 Å². The summed E-state index contributed by atoms with van der Waals surface area (Å²) in [6.07, 6.45) is 1.37. The smallest absolute Gasteiger partial charge is 0.335 e. The van der Waals surface area contributed by atoms with Gasteiger partial charge < -0.3 is 9.84 Å². The van der Waals surface area contributed by atoms with Crippen molar-refractivity contribution in [3.8, 4) is 11.8 Å². The van der Waals surface area contributed by atoms with Crippen LogP contribution < -0.4 is 4.74 Å². The molecule has 0 amide bonds. The van der Waals surface area contributed by atoms with Crippen LogP contribution in [0.15, 0.2) is 78.4 Å². The second-order valence-corrected chi connectivity index (χ2v) is 6.63. The SMILES string of the molecule is N#C/C(=C\c1ccccc1OCc1ccc(C(=O)O)cc1)C(=O)c1cccc([N+](=O)[O-])c1. The fraction of sp³-hybridized carbons (Fsp3) is 0.0417. The van der Waals surface area contributed by atoms with Crippen molar-refractivity contribution in [3.63, 3.8) is 0 Å². The number of non-ortho nitro benzene ring substituents is 1. The number of nitriles is 1. The summed E-state index contributed by atoms with van der Waals surface area (Å²) >= 11 is 0.